The molecule has 0 spiro atoms. The summed E-state index contributed by atoms with van der Waals surface area (Å²) in [4.78, 5) is 26.2. The number of rotatable bonds is 2. The maximum absolute atomic E-state index is 13.5. The highest BCUT2D eigenvalue weighted by Crippen LogP contribution is 2.37. The van der Waals surface area contributed by atoms with Crippen LogP contribution in [0, 0.1) is 5.82 Å². The lowest BCUT2D eigenvalue weighted by Crippen LogP contribution is -2.49. The fraction of sp³-hybridized carbons (Fsp3) is 0.375. The molecule has 1 aromatic rings. The molecule has 0 radical (unpaired) electrons. The van der Waals surface area contributed by atoms with E-state index in [-0.39, 0.29) is 17.6 Å². The molecule has 0 bridgehead atoms. The molecule has 0 aromatic heterocycles. The molecule has 0 saturated heterocycles. The number of hydrogen-bond acceptors (Lipinski definition) is 2. The lowest BCUT2D eigenvalue weighted by Gasteiger charge is -2.38. The molecule has 110 valence electrons. The van der Waals surface area contributed by atoms with E-state index in [1.54, 1.807) is 17.0 Å². The van der Waals surface area contributed by atoms with E-state index in [1.165, 1.54) is 12.1 Å². The molecular formula is C16H17FN2O2. The summed E-state index contributed by atoms with van der Waals surface area (Å²) in [5, 5.41) is 2.83. The van der Waals surface area contributed by atoms with Crippen LogP contribution in [0.15, 0.2) is 35.5 Å². The van der Waals surface area contributed by atoms with Gasteiger partial charge >= 0.3 is 6.03 Å². The maximum Gasteiger partial charge on any atom is 0.322 e. The number of nitrogens with zero attached hydrogens (tertiary/aromatic N) is 1. The molecule has 0 saturated carbocycles. The number of hydrogen-bond donors (Lipinski definition) is 1. The molecule has 1 unspecified atom stereocenters. The van der Waals surface area contributed by atoms with E-state index in [4.69, 9.17) is 0 Å². The van der Waals surface area contributed by atoms with Gasteiger partial charge in [0.25, 0.3) is 0 Å². The third kappa shape index (κ3) is 2.33. The highest BCUT2D eigenvalue weighted by molar-refractivity contribution is 6.00. The van der Waals surface area contributed by atoms with Crippen LogP contribution in [-0.4, -0.2) is 23.3 Å². The monoisotopic (exact) mass is 288 g/mol. The third-order valence-electron chi connectivity index (χ3n) is 4.05. The Hall–Kier alpha value is -2.17. The van der Waals surface area contributed by atoms with Gasteiger partial charge in [0, 0.05) is 24.2 Å². The number of benzene rings is 1. The second-order valence-electron chi connectivity index (χ2n) is 5.32. The van der Waals surface area contributed by atoms with Crippen molar-refractivity contribution in [1.29, 1.82) is 0 Å². The van der Waals surface area contributed by atoms with Gasteiger partial charge in [0.1, 0.15) is 5.82 Å². The maximum atomic E-state index is 13.5. The Morgan fingerprint density at radius 1 is 1.33 bits per heavy atom. The van der Waals surface area contributed by atoms with E-state index < -0.39 is 6.04 Å². The highest BCUT2D eigenvalue weighted by Gasteiger charge is 2.38. The van der Waals surface area contributed by atoms with Crippen molar-refractivity contribution >= 4 is 11.8 Å². The minimum Gasteiger partial charge on any atom is -0.327 e. The first kappa shape index (κ1) is 13.8. The van der Waals surface area contributed by atoms with Crippen LogP contribution in [0.5, 0.6) is 0 Å². The molecule has 3 rings (SSSR count). The zero-order valence-corrected chi connectivity index (χ0v) is 11.9. The molecule has 1 heterocycles. The molecular weight excluding hydrogens is 271 g/mol. The summed E-state index contributed by atoms with van der Waals surface area (Å²) in [7, 11) is 0. The Morgan fingerprint density at radius 2 is 2.14 bits per heavy atom. The summed E-state index contributed by atoms with van der Waals surface area (Å²) < 4.78 is 13.5. The molecule has 5 heteroatoms. The van der Waals surface area contributed by atoms with Gasteiger partial charge in [-0.05, 0) is 37.5 Å². The lowest BCUT2D eigenvalue weighted by atomic mass is 9.84. The molecule has 21 heavy (non-hydrogen) atoms. The SMILES string of the molecule is CCN1C(=O)NC(c2cccc(F)c2)C2=C1CCCC2=O. The van der Waals surface area contributed by atoms with Crippen LogP contribution in [-0.2, 0) is 4.79 Å². The van der Waals surface area contributed by atoms with E-state index in [0.717, 1.165) is 12.1 Å². The van der Waals surface area contributed by atoms with Gasteiger partial charge in [-0.1, -0.05) is 12.1 Å². The van der Waals surface area contributed by atoms with Crippen LogP contribution < -0.4 is 5.32 Å². The van der Waals surface area contributed by atoms with Crippen LogP contribution in [0.4, 0.5) is 9.18 Å². The predicted octanol–water partition coefficient (Wildman–Crippen LogP) is 2.92. The molecule has 0 fully saturated rings. The number of ketones is 1. The molecule has 2 aliphatic rings. The summed E-state index contributed by atoms with van der Waals surface area (Å²) in [6.45, 7) is 2.40. The fourth-order valence-corrected chi connectivity index (χ4v) is 3.12. The molecule has 1 aliphatic carbocycles. The van der Waals surface area contributed by atoms with Crippen molar-refractivity contribution in [3.05, 3.63) is 46.9 Å². The lowest BCUT2D eigenvalue weighted by molar-refractivity contribution is -0.116. The molecule has 1 aromatic carbocycles. The highest BCUT2D eigenvalue weighted by atomic mass is 19.1. The van der Waals surface area contributed by atoms with E-state index in [1.807, 2.05) is 6.92 Å². The number of carbonyl (C=O) groups is 2. The zero-order chi connectivity index (χ0) is 15.0. The minimum atomic E-state index is -0.543. The van der Waals surface area contributed by atoms with E-state index >= 15 is 0 Å². The average Bonchev–Trinajstić information content (AvgIpc) is 2.46. The van der Waals surface area contributed by atoms with Gasteiger partial charge < -0.3 is 5.32 Å². The van der Waals surface area contributed by atoms with Crippen molar-refractivity contribution in [3.63, 3.8) is 0 Å². The largest absolute Gasteiger partial charge is 0.327 e. The number of amides is 2. The van der Waals surface area contributed by atoms with E-state index in [0.29, 0.717) is 30.5 Å². The van der Waals surface area contributed by atoms with Gasteiger partial charge in [0.15, 0.2) is 5.78 Å². The summed E-state index contributed by atoms with van der Waals surface area (Å²) in [6.07, 6.45) is 1.96. The molecule has 4 nitrogen and oxygen atoms in total. The molecule has 2 amide bonds. The fourth-order valence-electron chi connectivity index (χ4n) is 3.12. The Balaban J connectivity index is 2.12. The van der Waals surface area contributed by atoms with Crippen LogP contribution in [0.25, 0.3) is 0 Å². The smallest absolute Gasteiger partial charge is 0.322 e. The Labute approximate surface area is 122 Å². The number of halogens is 1. The first-order chi connectivity index (χ1) is 10.1. The molecule has 1 atom stereocenters. The van der Waals surface area contributed by atoms with Crippen molar-refractivity contribution in [2.45, 2.75) is 32.2 Å². The molecule has 1 aliphatic heterocycles. The van der Waals surface area contributed by atoms with Crippen LogP contribution in [0.2, 0.25) is 0 Å². The topological polar surface area (TPSA) is 49.4 Å². The first-order valence-corrected chi connectivity index (χ1v) is 7.21. The summed E-state index contributed by atoms with van der Waals surface area (Å²) >= 11 is 0. The van der Waals surface area contributed by atoms with Gasteiger partial charge in [-0.25, -0.2) is 9.18 Å². The summed E-state index contributed by atoms with van der Waals surface area (Å²) in [5.41, 5.74) is 2.03. The quantitative estimate of drug-likeness (QED) is 0.909. The number of Topliss-reactive ketones (excluding diaryl/α,β-unsaturated/α-hetero) is 1. The third-order valence-corrected chi connectivity index (χ3v) is 4.05. The Kier molecular flexibility index (Phi) is 3.49. The van der Waals surface area contributed by atoms with E-state index in [9.17, 15) is 14.0 Å². The summed E-state index contributed by atoms with van der Waals surface area (Å²) in [6, 6.07) is 5.29. The normalized spacial score (nSPS) is 22.2. The first-order valence-electron chi connectivity index (χ1n) is 7.21. The van der Waals surface area contributed by atoms with E-state index in [2.05, 4.69) is 5.32 Å². The van der Waals surface area contributed by atoms with Gasteiger partial charge in [-0.15, -0.1) is 0 Å². The number of carbonyl (C=O) groups excluding carboxylic acids is 2. The number of allylic oxidation sites excluding steroid dienone is 1. The molecule has 1 N–H and O–H groups in total. The van der Waals surface area contributed by atoms with Gasteiger partial charge in [-0.3, -0.25) is 9.69 Å². The van der Waals surface area contributed by atoms with Crippen molar-refractivity contribution in [2.24, 2.45) is 0 Å². The van der Waals surface area contributed by atoms with Crippen LogP contribution in [0.1, 0.15) is 37.8 Å². The predicted molar refractivity (Wildman–Crippen MR) is 75.9 cm³/mol. The Morgan fingerprint density at radius 3 is 2.86 bits per heavy atom. The zero-order valence-electron chi connectivity index (χ0n) is 11.9. The summed E-state index contributed by atoms with van der Waals surface area (Å²) in [5.74, 6) is -0.325. The van der Waals surface area contributed by atoms with Gasteiger partial charge in [0.05, 0.1) is 6.04 Å². The minimum absolute atomic E-state index is 0.0453. The van der Waals surface area contributed by atoms with Crippen molar-refractivity contribution in [1.82, 2.24) is 10.2 Å². The Bertz CT molecular complexity index is 639. The number of nitrogens with one attached hydrogen (secondary N) is 1. The van der Waals surface area contributed by atoms with Crippen molar-refractivity contribution in [3.8, 4) is 0 Å². The average molecular weight is 288 g/mol. The second-order valence-corrected chi connectivity index (χ2v) is 5.32. The van der Waals surface area contributed by atoms with Gasteiger partial charge in [0.2, 0.25) is 0 Å². The van der Waals surface area contributed by atoms with Crippen LogP contribution >= 0.6 is 0 Å². The van der Waals surface area contributed by atoms with Crippen LogP contribution in [0.3, 0.4) is 0 Å². The second kappa shape index (κ2) is 5.31. The number of urea groups is 1. The standard InChI is InChI=1S/C16H17FN2O2/c1-2-19-12-7-4-8-13(20)14(12)15(18-16(19)21)10-5-3-6-11(17)9-10/h3,5-6,9,15H,2,4,7-8H2,1H3,(H,18,21). The van der Waals surface area contributed by atoms with Gasteiger partial charge in [-0.2, -0.15) is 0 Å². The van der Waals surface area contributed by atoms with Crippen molar-refractivity contribution < 1.29 is 14.0 Å². The van der Waals surface area contributed by atoms with Crippen molar-refractivity contribution in [2.75, 3.05) is 6.54 Å².